The summed E-state index contributed by atoms with van der Waals surface area (Å²) < 4.78 is 4.86. The Morgan fingerprint density at radius 1 is 1.69 bits per heavy atom. The van der Waals surface area contributed by atoms with Crippen LogP contribution in [0.4, 0.5) is 0 Å². The van der Waals surface area contributed by atoms with E-state index in [4.69, 9.17) is 16.0 Å². The molecule has 0 aromatic carbocycles. The molecule has 3 nitrogen and oxygen atoms in total. The Bertz CT molecular complexity index is 320. The van der Waals surface area contributed by atoms with Crippen LogP contribution in [-0.4, -0.2) is 29.0 Å². The van der Waals surface area contributed by atoms with Crippen LogP contribution >= 0.6 is 23.4 Å². The van der Waals surface area contributed by atoms with Crippen molar-refractivity contribution < 1.29 is 9.21 Å². The fourth-order valence-corrected chi connectivity index (χ4v) is 2.33. The highest BCUT2D eigenvalue weighted by Crippen LogP contribution is 2.22. The minimum Gasteiger partial charge on any atom is -0.452 e. The van der Waals surface area contributed by atoms with E-state index in [9.17, 15) is 4.79 Å². The lowest BCUT2D eigenvalue weighted by atomic mass is 10.3. The Morgan fingerprint density at radius 3 is 3.08 bits per heavy atom. The molecule has 2 heterocycles. The summed E-state index contributed by atoms with van der Waals surface area (Å²) in [5.41, 5.74) is 0.462. The van der Waals surface area contributed by atoms with Crippen molar-refractivity contribution in [3.05, 3.63) is 23.1 Å². The highest BCUT2D eigenvalue weighted by atomic mass is 35.5. The van der Waals surface area contributed by atoms with Crippen LogP contribution in [0.1, 0.15) is 10.4 Å². The Kier molecular flexibility index (Phi) is 2.51. The molecule has 5 heteroatoms. The van der Waals surface area contributed by atoms with Gasteiger partial charge in [-0.2, -0.15) is 0 Å². The topological polar surface area (TPSA) is 33.5 Å². The number of hydrogen-bond acceptors (Lipinski definition) is 3. The molecule has 1 aliphatic heterocycles. The van der Waals surface area contributed by atoms with E-state index < -0.39 is 0 Å². The zero-order valence-corrected chi connectivity index (χ0v) is 8.40. The lowest BCUT2D eigenvalue weighted by Gasteiger charge is -2.12. The van der Waals surface area contributed by atoms with Gasteiger partial charge < -0.3 is 9.32 Å². The Labute approximate surface area is 85.0 Å². The summed E-state index contributed by atoms with van der Waals surface area (Å²) in [5.74, 6) is 1.71. The molecule has 0 spiro atoms. The van der Waals surface area contributed by atoms with Gasteiger partial charge in [0.1, 0.15) is 0 Å². The van der Waals surface area contributed by atoms with Crippen molar-refractivity contribution in [1.29, 1.82) is 0 Å². The molecule has 1 aromatic heterocycles. The summed E-state index contributed by atoms with van der Waals surface area (Å²) in [7, 11) is 0. The van der Waals surface area contributed by atoms with Gasteiger partial charge in [-0.25, -0.2) is 0 Å². The molecule has 0 radical (unpaired) electrons. The van der Waals surface area contributed by atoms with E-state index in [1.54, 1.807) is 22.7 Å². The Morgan fingerprint density at radius 2 is 2.54 bits per heavy atom. The first-order valence-electron chi connectivity index (χ1n) is 3.89. The second-order valence-corrected chi connectivity index (χ2v) is 4.13. The van der Waals surface area contributed by atoms with Crippen LogP contribution in [0.2, 0.25) is 5.22 Å². The monoisotopic (exact) mass is 217 g/mol. The van der Waals surface area contributed by atoms with Gasteiger partial charge in [0.25, 0.3) is 5.91 Å². The highest BCUT2D eigenvalue weighted by Gasteiger charge is 2.22. The largest absolute Gasteiger partial charge is 0.452 e. The standard InChI is InChI=1S/C8H8ClNO2S/c9-7-6(1-3-12-7)8(11)10-2-4-13-5-10/h1,3H,2,4-5H2. The van der Waals surface area contributed by atoms with Gasteiger partial charge in [-0.05, 0) is 17.7 Å². The fourth-order valence-electron chi connectivity index (χ4n) is 1.19. The third kappa shape index (κ3) is 1.69. The number of amides is 1. The van der Waals surface area contributed by atoms with Crippen molar-refractivity contribution in [2.45, 2.75) is 0 Å². The van der Waals surface area contributed by atoms with Crippen LogP contribution in [0.3, 0.4) is 0 Å². The maximum atomic E-state index is 11.7. The first-order chi connectivity index (χ1) is 6.29. The fraction of sp³-hybridized carbons (Fsp3) is 0.375. The lowest BCUT2D eigenvalue weighted by Crippen LogP contribution is -2.27. The molecule has 1 aromatic rings. The molecule has 1 aliphatic rings. The summed E-state index contributed by atoms with van der Waals surface area (Å²) in [6.07, 6.45) is 1.43. The number of carbonyl (C=O) groups is 1. The third-order valence-electron chi connectivity index (χ3n) is 1.89. The number of hydrogen-bond donors (Lipinski definition) is 0. The van der Waals surface area contributed by atoms with Crippen molar-refractivity contribution in [3.8, 4) is 0 Å². The van der Waals surface area contributed by atoms with Crippen molar-refractivity contribution in [3.63, 3.8) is 0 Å². The van der Waals surface area contributed by atoms with Crippen molar-refractivity contribution in [1.82, 2.24) is 4.90 Å². The van der Waals surface area contributed by atoms with Crippen LogP contribution in [0.5, 0.6) is 0 Å². The average molecular weight is 218 g/mol. The average Bonchev–Trinajstić information content (AvgIpc) is 2.72. The predicted molar refractivity (Wildman–Crippen MR) is 52.1 cm³/mol. The molecule has 0 aliphatic carbocycles. The van der Waals surface area contributed by atoms with E-state index in [0.29, 0.717) is 5.56 Å². The van der Waals surface area contributed by atoms with Crippen molar-refractivity contribution in [2.75, 3.05) is 18.2 Å². The molecule has 1 amide bonds. The van der Waals surface area contributed by atoms with E-state index >= 15 is 0 Å². The van der Waals surface area contributed by atoms with Gasteiger partial charge in [0.15, 0.2) is 0 Å². The first-order valence-corrected chi connectivity index (χ1v) is 5.42. The second kappa shape index (κ2) is 3.64. The molecule has 70 valence electrons. The summed E-state index contributed by atoms with van der Waals surface area (Å²) in [6.45, 7) is 0.797. The van der Waals surface area contributed by atoms with Crippen LogP contribution < -0.4 is 0 Å². The van der Waals surface area contributed by atoms with Crippen molar-refractivity contribution in [2.24, 2.45) is 0 Å². The van der Waals surface area contributed by atoms with E-state index in [1.807, 2.05) is 0 Å². The van der Waals surface area contributed by atoms with Gasteiger partial charge in [-0.15, -0.1) is 11.8 Å². The van der Waals surface area contributed by atoms with Crippen LogP contribution in [-0.2, 0) is 0 Å². The molecule has 0 unspecified atom stereocenters. The summed E-state index contributed by atoms with van der Waals surface area (Å²) >= 11 is 7.44. The van der Waals surface area contributed by atoms with Gasteiger partial charge in [0, 0.05) is 12.3 Å². The lowest BCUT2D eigenvalue weighted by molar-refractivity contribution is 0.0802. The van der Waals surface area contributed by atoms with E-state index in [-0.39, 0.29) is 11.1 Å². The molecular weight excluding hydrogens is 210 g/mol. The molecule has 0 bridgehead atoms. The minimum atomic E-state index is -0.0382. The van der Waals surface area contributed by atoms with E-state index in [2.05, 4.69) is 0 Å². The molecule has 1 fully saturated rings. The minimum absolute atomic E-state index is 0.0382. The van der Waals surface area contributed by atoms with Gasteiger partial charge in [0.2, 0.25) is 5.22 Å². The smallest absolute Gasteiger partial charge is 0.259 e. The summed E-state index contributed by atoms with van der Waals surface area (Å²) in [5, 5.41) is 0.182. The zero-order chi connectivity index (χ0) is 9.26. The maximum Gasteiger partial charge on any atom is 0.259 e. The van der Waals surface area contributed by atoms with Crippen molar-refractivity contribution >= 4 is 29.3 Å². The summed E-state index contributed by atoms with van der Waals surface area (Å²) in [4.78, 5) is 13.5. The van der Waals surface area contributed by atoms with Gasteiger partial charge in [-0.1, -0.05) is 0 Å². The number of halogens is 1. The second-order valence-electron chi connectivity index (χ2n) is 2.71. The maximum absolute atomic E-state index is 11.7. The number of furan rings is 1. The zero-order valence-electron chi connectivity index (χ0n) is 6.83. The number of nitrogens with zero attached hydrogens (tertiary/aromatic N) is 1. The molecule has 2 rings (SSSR count). The molecule has 0 atom stereocenters. The number of thioether (sulfide) groups is 1. The van der Waals surface area contributed by atoms with E-state index in [1.165, 1.54) is 6.26 Å². The molecule has 0 N–H and O–H groups in total. The number of carbonyl (C=O) groups excluding carboxylic acids is 1. The number of rotatable bonds is 1. The molecule has 1 saturated heterocycles. The van der Waals surface area contributed by atoms with E-state index in [0.717, 1.165) is 18.2 Å². The van der Waals surface area contributed by atoms with Crippen LogP contribution in [0, 0.1) is 0 Å². The van der Waals surface area contributed by atoms with Crippen LogP contribution in [0.25, 0.3) is 0 Å². The SMILES string of the molecule is O=C(c1ccoc1Cl)N1CCSC1. The quantitative estimate of drug-likeness (QED) is 0.722. The van der Waals surface area contributed by atoms with Crippen LogP contribution in [0.15, 0.2) is 16.7 Å². The molecule has 0 saturated carbocycles. The Hall–Kier alpha value is -0.610. The highest BCUT2D eigenvalue weighted by molar-refractivity contribution is 7.99. The predicted octanol–water partition coefficient (Wildman–Crippen LogP) is 2.08. The van der Waals surface area contributed by atoms with Gasteiger partial charge in [-0.3, -0.25) is 4.79 Å². The Balaban J connectivity index is 2.17. The first kappa shape index (κ1) is 8.97. The molecule has 13 heavy (non-hydrogen) atoms. The third-order valence-corrected chi connectivity index (χ3v) is 3.15. The molecular formula is C8H8ClNO2S. The van der Waals surface area contributed by atoms with Gasteiger partial charge >= 0.3 is 0 Å². The normalized spacial score (nSPS) is 16.5. The van der Waals surface area contributed by atoms with Gasteiger partial charge in [0.05, 0.1) is 17.7 Å². The summed E-state index contributed by atoms with van der Waals surface area (Å²) in [6, 6.07) is 1.60.